The quantitative estimate of drug-likeness (QED) is 0.168. The Bertz CT molecular complexity index is 3310. The summed E-state index contributed by atoms with van der Waals surface area (Å²) in [5.74, 6) is 0. The molecular formula is C57H46N2O2. The third-order valence-electron chi connectivity index (χ3n) is 12.9. The first-order valence-corrected chi connectivity index (χ1v) is 21.2. The van der Waals surface area contributed by atoms with E-state index in [1.807, 2.05) is 0 Å². The number of hydrogen-bond donors (Lipinski definition) is 0. The molecule has 4 heteroatoms. The van der Waals surface area contributed by atoms with E-state index < -0.39 is 0 Å². The molecule has 0 fully saturated rings. The van der Waals surface area contributed by atoms with Crippen molar-refractivity contribution >= 4 is 99.5 Å². The first-order valence-electron chi connectivity index (χ1n) is 21.2. The molecule has 2 aromatic heterocycles. The Morgan fingerprint density at radius 1 is 0.328 bits per heavy atom. The Morgan fingerprint density at radius 3 is 1.13 bits per heavy atom. The zero-order valence-corrected chi connectivity index (χ0v) is 35.6. The van der Waals surface area contributed by atoms with Gasteiger partial charge < -0.3 is 18.6 Å². The summed E-state index contributed by atoms with van der Waals surface area (Å²) in [6.07, 6.45) is 0. The highest BCUT2D eigenvalue weighted by Crippen LogP contribution is 2.46. The van der Waals surface area contributed by atoms with E-state index in [1.165, 1.54) is 66.9 Å². The van der Waals surface area contributed by atoms with Gasteiger partial charge in [-0.1, -0.05) is 84.9 Å². The van der Waals surface area contributed by atoms with Gasteiger partial charge in [0.1, 0.15) is 22.3 Å². The highest BCUT2D eigenvalue weighted by atomic mass is 16.3. The molecule has 0 N–H and O–H groups in total. The maximum atomic E-state index is 6.78. The van der Waals surface area contributed by atoms with Crippen LogP contribution in [-0.2, 0) is 0 Å². The summed E-state index contributed by atoms with van der Waals surface area (Å²) in [5, 5.41) is 9.01. The van der Waals surface area contributed by atoms with Gasteiger partial charge >= 0.3 is 0 Å². The fourth-order valence-electron chi connectivity index (χ4n) is 9.78. The zero-order chi connectivity index (χ0) is 41.7. The van der Waals surface area contributed by atoms with Crippen molar-refractivity contribution in [3.8, 4) is 0 Å². The number of fused-ring (bicyclic) bond motifs is 8. The average Bonchev–Trinajstić information content (AvgIpc) is 3.80. The molecule has 0 aliphatic carbocycles. The second-order valence-electron chi connectivity index (χ2n) is 16.9. The molecule has 0 aliphatic rings. The van der Waals surface area contributed by atoms with E-state index in [0.29, 0.717) is 0 Å². The Morgan fingerprint density at radius 2 is 0.721 bits per heavy atom. The van der Waals surface area contributed by atoms with Crippen LogP contribution in [0.3, 0.4) is 0 Å². The third kappa shape index (κ3) is 5.81. The fraction of sp³-hybridized carbons (Fsp3) is 0.123. The van der Waals surface area contributed by atoms with Gasteiger partial charge in [0.05, 0.1) is 11.4 Å². The Hall–Kier alpha value is -7.30. The molecule has 0 amide bonds. The Kier molecular flexibility index (Phi) is 8.37. The van der Waals surface area contributed by atoms with Crippen LogP contribution in [0.15, 0.2) is 160 Å². The van der Waals surface area contributed by atoms with Crippen molar-refractivity contribution in [2.75, 3.05) is 9.80 Å². The van der Waals surface area contributed by atoms with Crippen LogP contribution in [0.1, 0.15) is 38.9 Å². The molecule has 0 saturated heterocycles. The van der Waals surface area contributed by atoms with Crippen molar-refractivity contribution in [3.05, 3.63) is 191 Å². The van der Waals surface area contributed by atoms with Crippen molar-refractivity contribution in [2.24, 2.45) is 0 Å². The van der Waals surface area contributed by atoms with Gasteiger partial charge in [0, 0.05) is 49.9 Å². The summed E-state index contributed by atoms with van der Waals surface area (Å²) in [6.45, 7) is 15.3. The summed E-state index contributed by atoms with van der Waals surface area (Å²) < 4.78 is 13.6. The van der Waals surface area contributed by atoms with E-state index in [0.717, 1.165) is 71.6 Å². The lowest BCUT2D eigenvalue weighted by Gasteiger charge is -2.30. The minimum absolute atomic E-state index is 0.864. The number of furan rings is 2. The minimum atomic E-state index is 0.864. The number of hydrogen-bond acceptors (Lipinski definition) is 4. The van der Waals surface area contributed by atoms with Gasteiger partial charge in [-0.15, -0.1) is 0 Å². The van der Waals surface area contributed by atoms with Gasteiger partial charge in [-0.3, -0.25) is 0 Å². The van der Waals surface area contributed by atoms with Gasteiger partial charge in [0.2, 0.25) is 0 Å². The van der Waals surface area contributed by atoms with Crippen LogP contribution in [0.5, 0.6) is 0 Å². The van der Waals surface area contributed by atoms with Crippen LogP contribution in [-0.4, -0.2) is 0 Å². The highest BCUT2D eigenvalue weighted by molar-refractivity contribution is 6.20. The standard InChI is InChI=1S/C57H46N2O2/c1-33-14-8-10-20-50(33)58(54-35(3)16-12-17-36(54)4)44-24-22-40-28-46-48-32-49-47-29-41-23-25-45(59(51-21-11-9-15-34(51)2)55-37(5)18-13-19-38(55)6)27-43(41)31-53(47)61-57(49)39(7)56(48)60-52(46)30-42(40)26-44/h8-32H,1-7H3. The molecule has 0 spiro atoms. The maximum Gasteiger partial charge on any atom is 0.142 e. The SMILES string of the molecule is Cc1ccccc1N(c1ccc2cc3c(cc2c1)oc1c(C)c2oc4cc5cc(N(c6ccccc6C)c6c(C)cccc6C)ccc5cc4c2cc13)c1c(C)cccc1C. The highest BCUT2D eigenvalue weighted by Gasteiger charge is 2.23. The zero-order valence-electron chi connectivity index (χ0n) is 35.6. The third-order valence-corrected chi connectivity index (χ3v) is 12.9. The first kappa shape index (κ1) is 36.8. The van der Waals surface area contributed by atoms with E-state index in [9.17, 15) is 0 Å². The van der Waals surface area contributed by atoms with Crippen molar-refractivity contribution in [1.82, 2.24) is 0 Å². The van der Waals surface area contributed by atoms with E-state index in [2.05, 4.69) is 210 Å². The summed E-state index contributed by atoms with van der Waals surface area (Å²) in [7, 11) is 0. The number of benzene rings is 9. The van der Waals surface area contributed by atoms with Gasteiger partial charge in [-0.25, -0.2) is 0 Å². The predicted octanol–water partition coefficient (Wildman–Crippen LogP) is 16.9. The minimum Gasteiger partial charge on any atom is -0.456 e. The molecule has 61 heavy (non-hydrogen) atoms. The molecule has 9 aromatic carbocycles. The maximum absolute atomic E-state index is 6.78. The lowest BCUT2D eigenvalue weighted by molar-refractivity contribution is 0.651. The van der Waals surface area contributed by atoms with Gasteiger partial charge in [-0.2, -0.15) is 0 Å². The fourth-order valence-corrected chi connectivity index (χ4v) is 9.78. The van der Waals surface area contributed by atoms with Crippen molar-refractivity contribution in [2.45, 2.75) is 48.5 Å². The monoisotopic (exact) mass is 790 g/mol. The van der Waals surface area contributed by atoms with E-state index in [4.69, 9.17) is 8.83 Å². The lowest BCUT2D eigenvalue weighted by atomic mass is 10.00. The average molecular weight is 791 g/mol. The largest absolute Gasteiger partial charge is 0.456 e. The molecule has 11 aromatic rings. The lowest BCUT2D eigenvalue weighted by Crippen LogP contribution is -2.14. The smallest absolute Gasteiger partial charge is 0.142 e. The molecule has 0 unspecified atom stereocenters. The predicted molar refractivity (Wildman–Crippen MR) is 259 cm³/mol. The van der Waals surface area contributed by atoms with E-state index in [-0.39, 0.29) is 0 Å². The van der Waals surface area contributed by atoms with Crippen LogP contribution < -0.4 is 9.80 Å². The summed E-state index contributed by atoms with van der Waals surface area (Å²) in [5.41, 5.74) is 18.9. The molecule has 0 saturated carbocycles. The van der Waals surface area contributed by atoms with Crippen molar-refractivity contribution in [1.29, 1.82) is 0 Å². The summed E-state index contributed by atoms with van der Waals surface area (Å²) in [6, 6.07) is 55.2. The molecule has 4 nitrogen and oxygen atoms in total. The van der Waals surface area contributed by atoms with Crippen LogP contribution in [0.2, 0.25) is 0 Å². The van der Waals surface area contributed by atoms with E-state index in [1.54, 1.807) is 0 Å². The number of para-hydroxylation sites is 4. The summed E-state index contributed by atoms with van der Waals surface area (Å²) in [4.78, 5) is 4.81. The van der Waals surface area contributed by atoms with Crippen molar-refractivity contribution in [3.63, 3.8) is 0 Å². The molecule has 0 atom stereocenters. The van der Waals surface area contributed by atoms with E-state index >= 15 is 0 Å². The van der Waals surface area contributed by atoms with Crippen LogP contribution in [0.25, 0.3) is 65.4 Å². The number of anilines is 6. The normalized spacial score (nSPS) is 11.9. The van der Waals surface area contributed by atoms with Gasteiger partial charge in [0.15, 0.2) is 0 Å². The molecule has 2 heterocycles. The van der Waals surface area contributed by atoms with Crippen LogP contribution in [0.4, 0.5) is 34.1 Å². The molecule has 0 bridgehead atoms. The van der Waals surface area contributed by atoms with Gasteiger partial charge in [-0.05, 0) is 170 Å². The van der Waals surface area contributed by atoms with Crippen LogP contribution in [0, 0.1) is 48.5 Å². The summed E-state index contributed by atoms with van der Waals surface area (Å²) >= 11 is 0. The molecule has 0 radical (unpaired) electrons. The second kappa shape index (κ2) is 13.9. The number of rotatable bonds is 6. The topological polar surface area (TPSA) is 32.8 Å². The Balaban J connectivity index is 1.04. The van der Waals surface area contributed by atoms with Gasteiger partial charge in [0.25, 0.3) is 0 Å². The number of aryl methyl sites for hydroxylation is 7. The molecule has 0 aliphatic heterocycles. The molecule has 11 rings (SSSR count). The first-order chi connectivity index (χ1) is 29.6. The second-order valence-corrected chi connectivity index (χ2v) is 16.9. The number of nitrogens with zero attached hydrogens (tertiary/aromatic N) is 2. The van der Waals surface area contributed by atoms with Crippen molar-refractivity contribution < 1.29 is 8.83 Å². The van der Waals surface area contributed by atoms with Crippen LogP contribution >= 0.6 is 0 Å². The molecular weight excluding hydrogens is 745 g/mol. The Labute approximate surface area is 355 Å². The molecule has 296 valence electrons.